The summed E-state index contributed by atoms with van der Waals surface area (Å²) in [7, 11) is 1.70. The highest BCUT2D eigenvalue weighted by molar-refractivity contribution is 5.96. The lowest BCUT2D eigenvalue weighted by Gasteiger charge is -2.37. The Balaban J connectivity index is 0.979. The van der Waals surface area contributed by atoms with Gasteiger partial charge in [-0.3, -0.25) is 28.8 Å². The summed E-state index contributed by atoms with van der Waals surface area (Å²) >= 11 is 0. The van der Waals surface area contributed by atoms with Gasteiger partial charge >= 0.3 is 0 Å². The van der Waals surface area contributed by atoms with Crippen LogP contribution < -0.4 is 16.0 Å². The van der Waals surface area contributed by atoms with Crippen LogP contribution in [0.3, 0.4) is 0 Å². The van der Waals surface area contributed by atoms with Crippen molar-refractivity contribution in [3.8, 4) is 11.1 Å². The number of rotatable bonds is 22. The maximum Gasteiger partial charge on any atom is 0.253 e. The minimum atomic E-state index is -0.727. The number of carbonyl (C=O) groups excluding carboxylic acids is 6. The summed E-state index contributed by atoms with van der Waals surface area (Å²) < 4.78 is 39.1. The van der Waals surface area contributed by atoms with Crippen molar-refractivity contribution < 1.29 is 47.0 Å². The summed E-state index contributed by atoms with van der Waals surface area (Å²) in [5, 5.41) is 9.09. The molecule has 0 radical (unpaired) electrons. The molecule has 0 saturated carbocycles. The molecule has 4 aromatic rings. The van der Waals surface area contributed by atoms with Gasteiger partial charge in [-0.1, -0.05) is 62.4 Å². The highest BCUT2D eigenvalue weighted by Gasteiger charge is 2.42. The van der Waals surface area contributed by atoms with Crippen LogP contribution in [0.2, 0.25) is 0 Å². The Kier molecular flexibility index (Phi) is 20.8. The molecule has 4 heterocycles. The Hall–Kier alpha value is -6.56. The molecule has 4 aliphatic rings. The van der Waals surface area contributed by atoms with Gasteiger partial charge in [0.2, 0.25) is 23.6 Å². The van der Waals surface area contributed by atoms with Gasteiger partial charge in [-0.25, -0.2) is 8.78 Å². The quantitative estimate of drug-likeness (QED) is 0.0746. The zero-order valence-corrected chi connectivity index (χ0v) is 46.3. The van der Waals surface area contributed by atoms with E-state index in [1.165, 1.54) is 24.3 Å². The van der Waals surface area contributed by atoms with Gasteiger partial charge in [0.1, 0.15) is 23.7 Å². The molecule has 0 aromatic heterocycles. The van der Waals surface area contributed by atoms with Gasteiger partial charge in [-0.15, -0.1) is 0 Å². The van der Waals surface area contributed by atoms with E-state index < -0.39 is 18.1 Å². The molecular weight excluding hydrogens is 1010 g/mol. The number of ether oxygens (including phenoxy) is 2. The van der Waals surface area contributed by atoms with E-state index in [9.17, 15) is 37.5 Å². The van der Waals surface area contributed by atoms with E-state index in [4.69, 9.17) is 9.47 Å². The first kappa shape index (κ1) is 58.6. The fraction of sp³-hybridized carbons (Fsp3) is 0.516. The zero-order valence-electron chi connectivity index (χ0n) is 46.3. The number of likely N-dealkylation sites (N-methyl/N-ethyl adjacent to an activating group) is 1. The summed E-state index contributed by atoms with van der Waals surface area (Å²) in [6.45, 7) is 9.67. The van der Waals surface area contributed by atoms with Crippen molar-refractivity contribution in [1.82, 2.24) is 35.6 Å². The Morgan fingerprint density at radius 2 is 0.924 bits per heavy atom. The summed E-state index contributed by atoms with van der Waals surface area (Å²) in [5.74, 6) is -2.27. The number of benzene rings is 4. The minimum Gasteiger partial charge on any atom is -0.381 e. The number of amides is 6. The lowest BCUT2D eigenvalue weighted by molar-refractivity contribution is -0.140. The highest BCUT2D eigenvalue weighted by Crippen LogP contribution is 2.29. The standard InChI is InChI=1S/C62H79F2N7O8/c1-41(2)57(72)66-55(47-27-35-78-36-28-47)61(76)70-31-5-7-53(70)39-68(33-25-43-9-21-51(63)22-10-43)59(74)49-17-13-45(14-18-49)46-15-19-50(20-16-46)60(75)69(34-26-44-11-23-52(64)24-12-44)40-54-8-6-32-71(54)62(77)56(48-29-37-79-38-30-48)67-58(73)42(3)65-4/h9-24,41-42,47-48,53-56,65H,5-8,25-40H2,1-4H3,(H,66,72)(H,67,73)/t42-,53-,54-,55-,56-/m0/s1. The number of hydrogen-bond donors (Lipinski definition) is 3. The van der Waals surface area contributed by atoms with E-state index in [0.717, 1.165) is 35.1 Å². The second kappa shape index (κ2) is 28.0. The largest absolute Gasteiger partial charge is 0.381 e. The van der Waals surface area contributed by atoms with E-state index in [2.05, 4.69) is 16.0 Å². The van der Waals surface area contributed by atoms with Crippen molar-refractivity contribution in [2.45, 2.75) is 115 Å². The van der Waals surface area contributed by atoms with Crippen LogP contribution in [0.15, 0.2) is 97.1 Å². The van der Waals surface area contributed by atoms with Crippen molar-refractivity contribution in [2.24, 2.45) is 17.8 Å². The Morgan fingerprint density at radius 1 is 0.544 bits per heavy atom. The van der Waals surface area contributed by atoms with Crippen molar-refractivity contribution >= 4 is 35.4 Å². The van der Waals surface area contributed by atoms with Crippen molar-refractivity contribution in [1.29, 1.82) is 0 Å². The molecular formula is C62H79F2N7O8. The second-order valence-electron chi connectivity index (χ2n) is 22.1. The number of likely N-dealkylation sites (tertiary alicyclic amines) is 2. The molecule has 6 amide bonds. The van der Waals surface area contributed by atoms with Gasteiger partial charge in [-0.2, -0.15) is 0 Å². The molecule has 8 rings (SSSR count). The molecule has 15 nitrogen and oxygen atoms in total. The third-order valence-corrected chi connectivity index (χ3v) is 16.5. The molecule has 4 fully saturated rings. The van der Waals surface area contributed by atoms with Crippen molar-refractivity contribution in [2.75, 3.05) is 72.7 Å². The smallest absolute Gasteiger partial charge is 0.253 e. The molecule has 0 aliphatic carbocycles. The van der Waals surface area contributed by atoms with Crippen LogP contribution in [0.1, 0.15) is 104 Å². The first-order valence-corrected chi connectivity index (χ1v) is 28.5. The fourth-order valence-electron chi connectivity index (χ4n) is 11.4. The normalized spacial score (nSPS) is 19.2. The number of hydrogen-bond acceptors (Lipinski definition) is 9. The summed E-state index contributed by atoms with van der Waals surface area (Å²) in [4.78, 5) is 91.8. The predicted molar refractivity (Wildman–Crippen MR) is 298 cm³/mol. The maximum atomic E-state index is 14.6. The molecule has 0 unspecified atom stereocenters. The lowest BCUT2D eigenvalue weighted by Crippen LogP contribution is -2.58. The average Bonchev–Trinajstić information content (AvgIpc) is 4.26. The van der Waals surface area contributed by atoms with Crippen LogP contribution in [-0.2, 0) is 41.5 Å². The van der Waals surface area contributed by atoms with Gasteiger partial charge in [-0.05, 0) is 161 Å². The molecule has 4 aliphatic heterocycles. The van der Waals surface area contributed by atoms with Gasteiger partial charge in [0, 0.05) is 94.8 Å². The van der Waals surface area contributed by atoms with Gasteiger partial charge in [0.05, 0.1) is 6.04 Å². The Labute approximate surface area is 464 Å². The van der Waals surface area contributed by atoms with Gasteiger partial charge < -0.3 is 45.0 Å². The van der Waals surface area contributed by atoms with E-state index >= 15 is 0 Å². The number of nitrogens with zero attached hydrogens (tertiary/aromatic N) is 4. The zero-order chi connectivity index (χ0) is 56.0. The molecule has 4 saturated heterocycles. The molecule has 0 bridgehead atoms. The Morgan fingerprint density at radius 3 is 1.29 bits per heavy atom. The van der Waals surface area contributed by atoms with E-state index in [0.29, 0.717) is 115 Å². The Bertz CT molecular complexity index is 2680. The number of carbonyl (C=O) groups is 6. The summed E-state index contributed by atoms with van der Waals surface area (Å²) in [6.07, 6.45) is 6.45. The number of nitrogens with one attached hydrogen (secondary N) is 3. The first-order chi connectivity index (χ1) is 38.2. The topological polar surface area (TPSA) is 170 Å². The van der Waals surface area contributed by atoms with Crippen molar-refractivity contribution in [3.63, 3.8) is 0 Å². The van der Waals surface area contributed by atoms with Gasteiger partial charge in [0.15, 0.2) is 0 Å². The van der Waals surface area contributed by atoms with Gasteiger partial charge in [0.25, 0.3) is 11.8 Å². The number of halogens is 2. The van der Waals surface area contributed by atoms with Crippen LogP contribution in [0.25, 0.3) is 11.1 Å². The molecule has 5 atom stereocenters. The fourth-order valence-corrected chi connectivity index (χ4v) is 11.4. The van der Waals surface area contributed by atoms with E-state index in [1.807, 2.05) is 47.9 Å². The second-order valence-corrected chi connectivity index (χ2v) is 22.1. The molecule has 4 aromatic carbocycles. The minimum absolute atomic E-state index is 0.0615. The third-order valence-electron chi connectivity index (χ3n) is 16.5. The summed E-state index contributed by atoms with van der Waals surface area (Å²) in [5.41, 5.74) is 4.30. The predicted octanol–water partition coefficient (Wildman–Crippen LogP) is 7.07. The maximum absolute atomic E-state index is 14.6. The van der Waals surface area contributed by atoms with E-state index in [-0.39, 0.29) is 90.0 Å². The lowest BCUT2D eigenvalue weighted by atomic mass is 9.90. The van der Waals surface area contributed by atoms with Crippen LogP contribution in [-0.4, -0.2) is 158 Å². The summed E-state index contributed by atoms with van der Waals surface area (Å²) in [6, 6.07) is 24.6. The van der Waals surface area contributed by atoms with Crippen molar-refractivity contribution in [3.05, 3.63) is 131 Å². The SMILES string of the molecule is CN[C@@H](C)C(=O)N[C@H](C(=O)N1CCC[C@H]1CN(CCc1ccc(F)cc1)C(=O)c1ccc(-c2ccc(C(=O)N(CCc3ccc(F)cc3)C[C@@H]3CCCN3C(=O)[C@@H](NC(=O)C(C)C)C3CCOCC3)cc2)cc1)C1CCOCC1. The van der Waals surface area contributed by atoms with Crippen LogP contribution in [0.5, 0.6) is 0 Å². The highest BCUT2D eigenvalue weighted by atomic mass is 19.1. The average molecular weight is 1090 g/mol. The monoisotopic (exact) mass is 1090 g/mol. The van der Waals surface area contributed by atoms with Crippen LogP contribution >= 0.6 is 0 Å². The molecule has 3 N–H and O–H groups in total. The molecule has 424 valence electrons. The molecule has 79 heavy (non-hydrogen) atoms. The van der Waals surface area contributed by atoms with Crippen LogP contribution in [0.4, 0.5) is 8.78 Å². The van der Waals surface area contributed by atoms with Crippen LogP contribution in [0, 0.1) is 29.4 Å². The molecule has 0 spiro atoms. The van der Waals surface area contributed by atoms with E-state index in [1.54, 1.807) is 72.3 Å². The third kappa shape index (κ3) is 15.4. The molecule has 17 heteroatoms. The first-order valence-electron chi connectivity index (χ1n) is 28.5.